The molecule has 3 N–H and O–H groups in total. The van der Waals surface area contributed by atoms with E-state index in [4.69, 9.17) is 0 Å². The molecular formula is C28H29F3N6O3S. The van der Waals surface area contributed by atoms with E-state index >= 15 is 0 Å². The van der Waals surface area contributed by atoms with Crippen LogP contribution in [0.2, 0.25) is 0 Å². The maximum absolute atomic E-state index is 13.2. The second-order valence-corrected chi connectivity index (χ2v) is 11.5. The number of likely N-dealkylation sites (tertiary alicyclic amines) is 1. The van der Waals surface area contributed by atoms with Crippen LogP contribution in [0.3, 0.4) is 0 Å². The van der Waals surface area contributed by atoms with Crippen LogP contribution in [0, 0.1) is 6.92 Å². The molecule has 0 bridgehead atoms. The number of amides is 2. The molecule has 2 aromatic carbocycles. The highest BCUT2D eigenvalue weighted by Crippen LogP contribution is 2.34. The van der Waals surface area contributed by atoms with Crippen molar-refractivity contribution in [3.05, 3.63) is 78.2 Å². The summed E-state index contributed by atoms with van der Waals surface area (Å²) in [5, 5.41) is 5.65. The minimum Gasteiger partial charge on any atom is -0.308 e. The van der Waals surface area contributed by atoms with Gasteiger partial charge in [-0.1, -0.05) is 18.2 Å². The molecule has 1 fully saturated rings. The number of nitrogens with zero attached hydrogens (tertiary/aromatic N) is 3. The lowest BCUT2D eigenvalue weighted by molar-refractivity contribution is -0.138. The van der Waals surface area contributed by atoms with Gasteiger partial charge in [0.2, 0.25) is 0 Å². The third-order valence-corrected chi connectivity index (χ3v) is 8.39. The lowest BCUT2D eigenvalue weighted by atomic mass is 10.1. The Labute approximate surface area is 235 Å². The first-order chi connectivity index (χ1) is 19.5. The van der Waals surface area contributed by atoms with Gasteiger partial charge in [-0.15, -0.1) is 0 Å². The molecule has 4 aromatic rings. The molecule has 5 rings (SSSR count). The van der Waals surface area contributed by atoms with E-state index in [0.717, 1.165) is 32.0 Å². The first-order valence-electron chi connectivity index (χ1n) is 13.1. The Morgan fingerprint density at radius 3 is 2.39 bits per heavy atom. The van der Waals surface area contributed by atoms with Crippen LogP contribution in [0.1, 0.15) is 24.0 Å². The summed E-state index contributed by atoms with van der Waals surface area (Å²) in [5.74, 6) is 0. The molecule has 216 valence electrons. The van der Waals surface area contributed by atoms with Crippen LogP contribution >= 0.6 is 0 Å². The fourth-order valence-electron chi connectivity index (χ4n) is 4.91. The van der Waals surface area contributed by atoms with E-state index in [-0.39, 0.29) is 11.3 Å². The molecule has 0 saturated carbocycles. The minimum atomic E-state index is -4.53. The Hall–Kier alpha value is -3.94. The Balaban J connectivity index is 1.30. The quantitative estimate of drug-likeness (QED) is 0.254. The van der Waals surface area contributed by atoms with Crippen LogP contribution in [0.4, 0.5) is 29.3 Å². The van der Waals surface area contributed by atoms with E-state index in [9.17, 15) is 26.4 Å². The summed E-state index contributed by atoms with van der Waals surface area (Å²) in [7, 11) is -3.86. The third-order valence-electron chi connectivity index (χ3n) is 7.00. The maximum Gasteiger partial charge on any atom is 0.416 e. The number of carbonyl (C=O) groups excluding carboxylic acids is 1. The molecule has 0 unspecified atom stereocenters. The number of hydrogen-bond acceptors (Lipinski definition) is 5. The lowest BCUT2D eigenvalue weighted by Gasteiger charge is -2.15. The summed E-state index contributed by atoms with van der Waals surface area (Å²) in [6.45, 7) is 4.24. The molecule has 3 heterocycles. The van der Waals surface area contributed by atoms with E-state index in [0.29, 0.717) is 40.8 Å². The summed E-state index contributed by atoms with van der Waals surface area (Å²) in [6, 6.07) is 11.2. The van der Waals surface area contributed by atoms with Gasteiger partial charge >= 0.3 is 22.4 Å². The van der Waals surface area contributed by atoms with Gasteiger partial charge in [0.05, 0.1) is 11.1 Å². The van der Waals surface area contributed by atoms with Crippen LogP contribution in [-0.2, 0) is 16.4 Å². The van der Waals surface area contributed by atoms with Gasteiger partial charge in [0, 0.05) is 54.0 Å². The molecule has 9 nitrogen and oxygen atoms in total. The number of rotatable bonds is 8. The van der Waals surface area contributed by atoms with Crippen molar-refractivity contribution >= 4 is 38.5 Å². The van der Waals surface area contributed by atoms with Crippen molar-refractivity contribution in [3.8, 4) is 11.1 Å². The number of hydrogen-bond donors (Lipinski definition) is 3. The standard InChI is InChI=1S/C28H29F3N6O3S/c1-19-4-7-22(16-25(19)28(29,30)31)35-27(38)34-21-8-5-20(6-9-21)24-18-37(26-10-11-32-17-23(24)26)41(39,40)33-12-15-36-13-2-3-14-36/h4-11,16-18,33H,2-3,12-15H2,1H3,(H2,34,35,38). The van der Waals surface area contributed by atoms with Gasteiger partial charge in [0.25, 0.3) is 0 Å². The van der Waals surface area contributed by atoms with Crippen molar-refractivity contribution in [2.45, 2.75) is 25.9 Å². The van der Waals surface area contributed by atoms with Crippen molar-refractivity contribution in [2.24, 2.45) is 0 Å². The topological polar surface area (TPSA) is 108 Å². The Bertz CT molecular complexity index is 1660. The zero-order valence-electron chi connectivity index (χ0n) is 22.2. The fraction of sp³-hybridized carbons (Fsp3) is 0.286. The predicted molar refractivity (Wildman–Crippen MR) is 152 cm³/mol. The molecule has 13 heteroatoms. The summed E-state index contributed by atoms with van der Waals surface area (Å²) in [5.41, 5.74) is 1.43. The van der Waals surface area contributed by atoms with Gasteiger partial charge in [-0.2, -0.15) is 26.3 Å². The highest BCUT2D eigenvalue weighted by Gasteiger charge is 2.32. The number of aryl methyl sites for hydroxylation is 1. The van der Waals surface area contributed by atoms with Gasteiger partial charge in [-0.05, 0) is 74.3 Å². The second kappa shape index (κ2) is 11.5. The summed E-state index contributed by atoms with van der Waals surface area (Å²) in [4.78, 5) is 18.8. The molecule has 2 amide bonds. The number of fused-ring (bicyclic) bond motifs is 1. The summed E-state index contributed by atoms with van der Waals surface area (Å²) in [6.07, 6.45) is 2.38. The van der Waals surface area contributed by atoms with Crippen molar-refractivity contribution in [2.75, 3.05) is 36.8 Å². The van der Waals surface area contributed by atoms with Crippen LogP contribution in [-0.4, -0.2) is 54.5 Å². The van der Waals surface area contributed by atoms with Crippen molar-refractivity contribution < 1.29 is 26.4 Å². The number of alkyl halides is 3. The average Bonchev–Trinajstić information content (AvgIpc) is 3.58. The average molecular weight is 587 g/mol. The van der Waals surface area contributed by atoms with Gasteiger partial charge < -0.3 is 15.5 Å². The minimum absolute atomic E-state index is 0.00704. The number of urea groups is 1. The smallest absolute Gasteiger partial charge is 0.308 e. The van der Waals surface area contributed by atoms with Gasteiger partial charge in [-0.25, -0.2) is 8.77 Å². The maximum atomic E-state index is 13.2. The fourth-order valence-corrected chi connectivity index (χ4v) is 6.06. The lowest BCUT2D eigenvalue weighted by Crippen LogP contribution is -2.36. The summed E-state index contributed by atoms with van der Waals surface area (Å²) >= 11 is 0. The Morgan fingerprint density at radius 2 is 1.68 bits per heavy atom. The molecule has 41 heavy (non-hydrogen) atoms. The Morgan fingerprint density at radius 1 is 1.00 bits per heavy atom. The molecule has 0 atom stereocenters. The largest absolute Gasteiger partial charge is 0.416 e. The summed E-state index contributed by atoms with van der Waals surface area (Å²) < 4.78 is 69.8. The molecule has 1 aliphatic rings. The molecule has 1 aliphatic heterocycles. The molecule has 0 radical (unpaired) electrons. The predicted octanol–water partition coefficient (Wildman–Crippen LogP) is 5.45. The molecule has 1 saturated heterocycles. The SMILES string of the molecule is Cc1ccc(NC(=O)Nc2ccc(-c3cn(S(=O)(=O)NCCN4CCCC4)c4ccncc34)cc2)cc1C(F)(F)F. The van der Waals surface area contributed by atoms with Crippen molar-refractivity contribution in [1.82, 2.24) is 18.6 Å². The van der Waals surface area contributed by atoms with Crippen molar-refractivity contribution in [1.29, 1.82) is 0 Å². The van der Waals surface area contributed by atoms with Gasteiger partial charge in [0.15, 0.2) is 0 Å². The number of halogens is 3. The van der Waals surface area contributed by atoms with Crippen LogP contribution in [0.15, 0.2) is 67.1 Å². The molecule has 2 aromatic heterocycles. The van der Waals surface area contributed by atoms with E-state index in [1.54, 1.807) is 36.5 Å². The zero-order chi connectivity index (χ0) is 29.2. The number of pyridine rings is 1. The molecule has 0 aliphatic carbocycles. The normalized spacial score (nSPS) is 14.4. The number of anilines is 2. The van der Waals surface area contributed by atoms with E-state index in [1.165, 1.54) is 35.4 Å². The third kappa shape index (κ3) is 6.53. The Kier molecular flexibility index (Phi) is 8.02. The highest BCUT2D eigenvalue weighted by molar-refractivity contribution is 7.88. The molecular weight excluding hydrogens is 557 g/mol. The van der Waals surface area contributed by atoms with E-state index < -0.39 is 28.0 Å². The van der Waals surface area contributed by atoms with Crippen LogP contribution in [0.25, 0.3) is 22.0 Å². The number of nitrogens with one attached hydrogen (secondary N) is 3. The van der Waals surface area contributed by atoms with Crippen LogP contribution < -0.4 is 15.4 Å². The molecule has 0 spiro atoms. The van der Waals surface area contributed by atoms with Gasteiger partial charge in [-0.3, -0.25) is 4.98 Å². The monoisotopic (exact) mass is 586 g/mol. The van der Waals surface area contributed by atoms with E-state index in [1.807, 2.05) is 0 Å². The van der Waals surface area contributed by atoms with Gasteiger partial charge in [0.1, 0.15) is 0 Å². The van der Waals surface area contributed by atoms with Crippen molar-refractivity contribution in [3.63, 3.8) is 0 Å². The number of aromatic nitrogens is 2. The number of carbonyl (C=O) groups is 1. The second-order valence-electron chi connectivity index (χ2n) is 9.86. The number of benzene rings is 2. The highest BCUT2D eigenvalue weighted by atomic mass is 32.2. The zero-order valence-corrected chi connectivity index (χ0v) is 23.0. The first-order valence-corrected chi connectivity index (χ1v) is 14.5. The van der Waals surface area contributed by atoms with Crippen LogP contribution in [0.5, 0.6) is 0 Å². The van der Waals surface area contributed by atoms with E-state index in [2.05, 4.69) is 25.2 Å². The first kappa shape index (κ1) is 28.6.